The van der Waals surface area contributed by atoms with E-state index in [4.69, 9.17) is 5.14 Å². The van der Waals surface area contributed by atoms with Crippen LogP contribution in [0.15, 0.2) is 23.1 Å². The Morgan fingerprint density at radius 1 is 1.25 bits per heavy atom. The molecule has 0 radical (unpaired) electrons. The van der Waals surface area contributed by atoms with Gasteiger partial charge in [0.25, 0.3) is 0 Å². The van der Waals surface area contributed by atoms with Gasteiger partial charge in [0.2, 0.25) is 15.9 Å². The van der Waals surface area contributed by atoms with E-state index in [1.165, 1.54) is 6.07 Å². The lowest BCUT2D eigenvalue weighted by Crippen LogP contribution is -2.45. The number of carbonyl (C=O) groups excluding carboxylic acids is 1. The highest BCUT2D eigenvalue weighted by molar-refractivity contribution is 7.89. The number of sulfonamides is 1. The van der Waals surface area contributed by atoms with E-state index in [2.05, 4.69) is 18.7 Å². The lowest BCUT2D eigenvalue weighted by atomic mass is 9.99. The van der Waals surface area contributed by atoms with Crippen molar-refractivity contribution in [3.63, 3.8) is 0 Å². The van der Waals surface area contributed by atoms with Gasteiger partial charge in [-0.1, -0.05) is 6.92 Å². The molecule has 0 aliphatic carbocycles. The molecule has 0 spiro atoms. The topological polar surface area (TPSA) is 83.7 Å². The van der Waals surface area contributed by atoms with Gasteiger partial charge in [0.15, 0.2) is 0 Å². The predicted molar refractivity (Wildman–Crippen MR) is 93.3 cm³/mol. The second-order valence-corrected chi connectivity index (χ2v) is 8.64. The van der Waals surface area contributed by atoms with Gasteiger partial charge >= 0.3 is 0 Å². The van der Waals surface area contributed by atoms with Crippen LogP contribution in [0.5, 0.6) is 0 Å². The highest BCUT2D eigenvalue weighted by Gasteiger charge is 2.30. The van der Waals surface area contributed by atoms with Crippen molar-refractivity contribution in [2.45, 2.75) is 44.0 Å². The predicted octanol–water partition coefficient (Wildman–Crippen LogP) is 1.34. The lowest BCUT2D eigenvalue weighted by Gasteiger charge is -2.33. The summed E-state index contributed by atoms with van der Waals surface area (Å²) in [6, 6.07) is 5.09. The lowest BCUT2D eigenvalue weighted by molar-refractivity contribution is -0.131. The molecule has 3 rings (SSSR count). The van der Waals surface area contributed by atoms with E-state index in [0.29, 0.717) is 12.5 Å². The van der Waals surface area contributed by atoms with Crippen molar-refractivity contribution >= 4 is 21.6 Å². The zero-order valence-electron chi connectivity index (χ0n) is 14.2. The summed E-state index contributed by atoms with van der Waals surface area (Å²) in [5, 5.41) is 5.21. The summed E-state index contributed by atoms with van der Waals surface area (Å²) >= 11 is 0. The molecule has 24 heavy (non-hydrogen) atoms. The summed E-state index contributed by atoms with van der Waals surface area (Å²) in [6.07, 6.45) is 2.86. The van der Waals surface area contributed by atoms with Gasteiger partial charge in [-0.25, -0.2) is 13.6 Å². The largest absolute Gasteiger partial charge is 0.359 e. The van der Waals surface area contributed by atoms with Crippen molar-refractivity contribution in [2.75, 3.05) is 24.5 Å². The Morgan fingerprint density at radius 3 is 2.54 bits per heavy atom. The zero-order valence-corrected chi connectivity index (χ0v) is 15.1. The number of carbonyl (C=O) groups is 1. The number of amides is 1. The van der Waals surface area contributed by atoms with Crippen LogP contribution in [0.25, 0.3) is 0 Å². The molecule has 6 nitrogen and oxygen atoms in total. The van der Waals surface area contributed by atoms with E-state index in [0.717, 1.165) is 43.6 Å². The van der Waals surface area contributed by atoms with Gasteiger partial charge in [0.1, 0.15) is 0 Å². The molecule has 2 aliphatic heterocycles. The number of hydrogen-bond acceptors (Lipinski definition) is 4. The maximum atomic E-state index is 12.6. The van der Waals surface area contributed by atoms with Crippen LogP contribution in [0.2, 0.25) is 0 Å². The molecule has 2 N–H and O–H groups in total. The average Bonchev–Trinajstić information content (AvgIpc) is 2.82. The van der Waals surface area contributed by atoms with Crippen LogP contribution < -0.4 is 10.0 Å². The molecule has 0 saturated carbocycles. The van der Waals surface area contributed by atoms with Crippen molar-refractivity contribution in [2.24, 2.45) is 11.1 Å². The van der Waals surface area contributed by atoms with E-state index in [1.54, 1.807) is 12.1 Å². The molecule has 0 bridgehead atoms. The Morgan fingerprint density at radius 2 is 1.92 bits per heavy atom. The summed E-state index contributed by atoms with van der Waals surface area (Å²) in [4.78, 5) is 16.8. The maximum Gasteiger partial charge on any atom is 0.242 e. The van der Waals surface area contributed by atoms with Gasteiger partial charge in [-0.15, -0.1) is 0 Å². The Kier molecular flexibility index (Phi) is 4.57. The molecule has 1 fully saturated rings. The number of likely N-dealkylation sites (tertiary alicyclic amines) is 1. The quantitative estimate of drug-likeness (QED) is 0.891. The van der Waals surface area contributed by atoms with E-state index in [-0.39, 0.29) is 16.8 Å². The number of anilines is 1. The summed E-state index contributed by atoms with van der Waals surface area (Å²) in [5.74, 6) is 0.842. The van der Waals surface area contributed by atoms with E-state index in [1.807, 2.05) is 4.90 Å². The molecule has 0 unspecified atom stereocenters. The third-order valence-electron chi connectivity index (χ3n) is 5.18. The van der Waals surface area contributed by atoms with Gasteiger partial charge in [-0.2, -0.15) is 0 Å². The number of primary sulfonamides is 1. The minimum Gasteiger partial charge on any atom is -0.359 e. The number of hydrogen-bond donors (Lipinski definition) is 1. The van der Waals surface area contributed by atoms with Crippen LogP contribution >= 0.6 is 0 Å². The van der Waals surface area contributed by atoms with Crippen molar-refractivity contribution in [3.05, 3.63) is 23.8 Å². The number of benzene rings is 1. The molecule has 132 valence electrons. The minimum absolute atomic E-state index is 0.131. The molecule has 1 aromatic carbocycles. The van der Waals surface area contributed by atoms with Gasteiger partial charge in [-0.3, -0.25) is 4.79 Å². The minimum atomic E-state index is -3.70. The number of rotatable bonds is 3. The maximum absolute atomic E-state index is 12.6. The van der Waals surface area contributed by atoms with E-state index < -0.39 is 10.0 Å². The number of piperidine rings is 1. The second-order valence-electron chi connectivity index (χ2n) is 7.08. The first kappa shape index (κ1) is 17.2. The van der Waals surface area contributed by atoms with Crippen molar-refractivity contribution in [1.82, 2.24) is 4.90 Å². The third kappa shape index (κ3) is 3.42. The van der Waals surface area contributed by atoms with E-state index in [9.17, 15) is 13.2 Å². The number of nitrogens with two attached hydrogens (primary N) is 1. The van der Waals surface area contributed by atoms with Crippen LogP contribution in [0.1, 0.15) is 32.3 Å². The Labute approximate surface area is 143 Å². The highest BCUT2D eigenvalue weighted by atomic mass is 32.2. The molecule has 0 aromatic heterocycles. The fraction of sp³-hybridized carbons (Fsp3) is 0.588. The fourth-order valence-corrected chi connectivity index (χ4v) is 4.16. The number of fused-ring (bicyclic) bond motifs is 1. The van der Waals surface area contributed by atoms with Crippen LogP contribution in [0, 0.1) is 5.92 Å². The molecule has 2 aliphatic rings. The molecular formula is C17H25N3O3S. The van der Waals surface area contributed by atoms with Crippen molar-refractivity contribution < 1.29 is 13.2 Å². The van der Waals surface area contributed by atoms with Gasteiger partial charge in [0, 0.05) is 24.8 Å². The molecule has 1 saturated heterocycles. The van der Waals surface area contributed by atoms with Crippen LogP contribution in [-0.4, -0.2) is 44.9 Å². The summed E-state index contributed by atoms with van der Waals surface area (Å²) in [6.45, 7) is 6.29. The normalized spacial score (nSPS) is 21.9. The van der Waals surface area contributed by atoms with Crippen LogP contribution in [0.4, 0.5) is 5.69 Å². The third-order valence-corrected chi connectivity index (χ3v) is 6.09. The Balaban J connectivity index is 1.75. The molecule has 1 amide bonds. The van der Waals surface area contributed by atoms with Crippen LogP contribution in [0.3, 0.4) is 0 Å². The first-order valence-electron chi connectivity index (χ1n) is 8.46. The van der Waals surface area contributed by atoms with Crippen molar-refractivity contribution in [1.29, 1.82) is 0 Å². The summed E-state index contributed by atoms with van der Waals surface area (Å²) < 4.78 is 23.0. The molecule has 7 heteroatoms. The van der Waals surface area contributed by atoms with Gasteiger partial charge < -0.3 is 9.80 Å². The smallest absolute Gasteiger partial charge is 0.242 e. The first-order chi connectivity index (χ1) is 11.3. The summed E-state index contributed by atoms with van der Waals surface area (Å²) in [5.41, 5.74) is 1.88. The SMILES string of the molecule is CC1CCN(C(=O)CN2c3ccc(S(N)(=O)=O)cc3C[C@@H]2C)CC1. The first-order valence-corrected chi connectivity index (χ1v) is 10.0. The van der Waals surface area contributed by atoms with Gasteiger partial charge in [-0.05, 0) is 55.9 Å². The number of nitrogens with zero attached hydrogens (tertiary/aromatic N) is 2. The van der Waals surface area contributed by atoms with Crippen LogP contribution in [-0.2, 0) is 21.2 Å². The molecular weight excluding hydrogens is 326 g/mol. The molecule has 1 atom stereocenters. The second kappa shape index (κ2) is 6.37. The Hall–Kier alpha value is -1.60. The highest BCUT2D eigenvalue weighted by Crippen LogP contribution is 2.33. The monoisotopic (exact) mass is 351 g/mol. The van der Waals surface area contributed by atoms with E-state index >= 15 is 0 Å². The standard InChI is InChI=1S/C17H25N3O3S/c1-12-5-7-19(8-6-12)17(21)11-20-13(2)9-14-10-15(24(18,22)23)3-4-16(14)20/h3-4,10,12-13H,5-9,11H2,1-2H3,(H2,18,22,23)/t13-/m0/s1. The fourth-order valence-electron chi connectivity index (χ4n) is 3.59. The summed E-state index contributed by atoms with van der Waals surface area (Å²) in [7, 11) is -3.70. The van der Waals surface area contributed by atoms with Crippen molar-refractivity contribution in [3.8, 4) is 0 Å². The zero-order chi connectivity index (χ0) is 17.5. The molecule has 1 aromatic rings. The Bertz CT molecular complexity index is 739. The molecule has 2 heterocycles. The average molecular weight is 351 g/mol. The van der Waals surface area contributed by atoms with Gasteiger partial charge in [0.05, 0.1) is 11.4 Å².